The van der Waals surface area contributed by atoms with Crippen LogP contribution in [0.5, 0.6) is 0 Å². The number of anilines is 1. The van der Waals surface area contributed by atoms with Crippen LogP contribution in [0, 0.1) is 5.82 Å². The molecule has 0 saturated carbocycles. The number of benzene rings is 2. The van der Waals surface area contributed by atoms with Crippen LogP contribution in [0.25, 0.3) is 0 Å². The quantitative estimate of drug-likeness (QED) is 0.742. The lowest BCUT2D eigenvalue weighted by Gasteiger charge is -2.22. The SMILES string of the molecule is CCN(CCC(=O)c1cccc(F)c1)c1ccccc1. The molecule has 0 fully saturated rings. The third-order valence-corrected chi connectivity index (χ3v) is 3.26. The van der Waals surface area contributed by atoms with Gasteiger partial charge in [0.25, 0.3) is 0 Å². The highest BCUT2D eigenvalue weighted by atomic mass is 19.1. The van der Waals surface area contributed by atoms with Gasteiger partial charge in [0.1, 0.15) is 5.82 Å². The molecule has 2 aromatic rings. The first-order valence-corrected chi connectivity index (χ1v) is 6.79. The van der Waals surface area contributed by atoms with E-state index in [1.165, 1.54) is 12.1 Å². The minimum absolute atomic E-state index is 0.0288. The van der Waals surface area contributed by atoms with E-state index < -0.39 is 0 Å². The number of para-hydroxylation sites is 1. The normalized spacial score (nSPS) is 10.3. The molecule has 0 saturated heterocycles. The molecule has 0 heterocycles. The molecule has 3 heteroatoms. The highest BCUT2D eigenvalue weighted by Crippen LogP contribution is 2.14. The lowest BCUT2D eigenvalue weighted by Crippen LogP contribution is -2.25. The highest BCUT2D eigenvalue weighted by molar-refractivity contribution is 5.96. The number of carbonyl (C=O) groups excluding carboxylic acids is 1. The van der Waals surface area contributed by atoms with Gasteiger partial charge in [0.05, 0.1) is 0 Å². The van der Waals surface area contributed by atoms with E-state index in [1.807, 2.05) is 30.3 Å². The zero-order valence-corrected chi connectivity index (χ0v) is 11.6. The van der Waals surface area contributed by atoms with Crippen molar-refractivity contribution in [2.45, 2.75) is 13.3 Å². The largest absolute Gasteiger partial charge is 0.371 e. The minimum atomic E-state index is -0.369. The van der Waals surface area contributed by atoms with Crippen molar-refractivity contribution in [3.8, 4) is 0 Å². The van der Waals surface area contributed by atoms with Crippen molar-refractivity contribution in [1.29, 1.82) is 0 Å². The molecule has 2 aromatic carbocycles. The van der Waals surface area contributed by atoms with Gasteiger partial charge >= 0.3 is 0 Å². The van der Waals surface area contributed by atoms with E-state index in [0.717, 1.165) is 12.2 Å². The molecule has 0 bridgehead atoms. The molecular formula is C17H18FNO. The Morgan fingerprint density at radius 1 is 1.10 bits per heavy atom. The maximum absolute atomic E-state index is 13.1. The molecule has 20 heavy (non-hydrogen) atoms. The first-order chi connectivity index (χ1) is 9.70. The summed E-state index contributed by atoms with van der Waals surface area (Å²) in [6.07, 6.45) is 0.381. The summed E-state index contributed by atoms with van der Waals surface area (Å²) < 4.78 is 13.1. The molecule has 2 nitrogen and oxygen atoms in total. The van der Waals surface area contributed by atoms with Crippen LogP contribution in [0.15, 0.2) is 54.6 Å². The van der Waals surface area contributed by atoms with Gasteiger partial charge in [-0.05, 0) is 31.2 Å². The lowest BCUT2D eigenvalue weighted by atomic mass is 10.1. The molecule has 0 radical (unpaired) electrons. The standard InChI is InChI=1S/C17H18FNO/c1-2-19(16-9-4-3-5-10-16)12-11-17(20)14-7-6-8-15(18)13-14/h3-10,13H,2,11-12H2,1H3. The summed E-state index contributed by atoms with van der Waals surface area (Å²) in [6.45, 7) is 3.52. The second kappa shape index (κ2) is 6.85. The summed E-state index contributed by atoms with van der Waals surface area (Å²) in [6, 6.07) is 15.8. The van der Waals surface area contributed by atoms with E-state index >= 15 is 0 Å². The van der Waals surface area contributed by atoms with Crippen molar-refractivity contribution in [3.05, 3.63) is 66.0 Å². The molecule has 0 amide bonds. The molecule has 0 aromatic heterocycles. The van der Waals surface area contributed by atoms with Crippen molar-refractivity contribution in [2.75, 3.05) is 18.0 Å². The predicted octanol–water partition coefficient (Wildman–Crippen LogP) is 3.93. The van der Waals surface area contributed by atoms with Gasteiger partial charge in [-0.1, -0.05) is 30.3 Å². The van der Waals surface area contributed by atoms with E-state index in [9.17, 15) is 9.18 Å². The van der Waals surface area contributed by atoms with Gasteiger partial charge in [-0.25, -0.2) is 4.39 Å². The van der Waals surface area contributed by atoms with Gasteiger partial charge in [0.15, 0.2) is 5.78 Å². The van der Waals surface area contributed by atoms with Gasteiger partial charge < -0.3 is 4.90 Å². The van der Waals surface area contributed by atoms with E-state index in [0.29, 0.717) is 18.5 Å². The van der Waals surface area contributed by atoms with Crippen LogP contribution in [0.3, 0.4) is 0 Å². The maximum atomic E-state index is 13.1. The van der Waals surface area contributed by atoms with Gasteiger partial charge in [0, 0.05) is 30.8 Å². The predicted molar refractivity (Wildman–Crippen MR) is 79.7 cm³/mol. The van der Waals surface area contributed by atoms with Crippen LogP contribution < -0.4 is 4.90 Å². The molecule has 0 unspecified atom stereocenters. The Hall–Kier alpha value is -2.16. The molecule has 0 atom stereocenters. The Balaban J connectivity index is 1.98. The molecule has 104 valence electrons. The minimum Gasteiger partial charge on any atom is -0.371 e. The van der Waals surface area contributed by atoms with Gasteiger partial charge in [-0.2, -0.15) is 0 Å². The molecule has 0 N–H and O–H groups in total. The Bertz CT molecular complexity index is 568. The van der Waals surface area contributed by atoms with Crippen LogP contribution in [-0.2, 0) is 0 Å². The number of nitrogens with zero attached hydrogens (tertiary/aromatic N) is 1. The number of halogens is 1. The maximum Gasteiger partial charge on any atom is 0.164 e. The number of hydrogen-bond donors (Lipinski definition) is 0. The number of Topliss-reactive ketones (excluding diaryl/α,β-unsaturated/α-hetero) is 1. The fraction of sp³-hybridized carbons (Fsp3) is 0.235. The molecule has 0 aliphatic rings. The summed E-state index contributed by atoms with van der Waals surface area (Å²) in [5, 5.41) is 0. The fourth-order valence-corrected chi connectivity index (χ4v) is 2.15. The third-order valence-electron chi connectivity index (χ3n) is 3.26. The van der Waals surface area contributed by atoms with Crippen molar-refractivity contribution in [1.82, 2.24) is 0 Å². The summed E-state index contributed by atoms with van der Waals surface area (Å²) in [4.78, 5) is 14.2. The lowest BCUT2D eigenvalue weighted by molar-refractivity contribution is 0.0984. The Morgan fingerprint density at radius 3 is 2.50 bits per heavy atom. The van der Waals surface area contributed by atoms with Gasteiger partial charge in [-0.15, -0.1) is 0 Å². The third kappa shape index (κ3) is 3.67. The van der Waals surface area contributed by atoms with E-state index in [-0.39, 0.29) is 11.6 Å². The summed E-state index contributed by atoms with van der Waals surface area (Å²) in [7, 11) is 0. The summed E-state index contributed by atoms with van der Waals surface area (Å²) in [5.41, 5.74) is 1.54. The Morgan fingerprint density at radius 2 is 1.85 bits per heavy atom. The first-order valence-electron chi connectivity index (χ1n) is 6.79. The van der Waals surface area contributed by atoms with Crippen molar-refractivity contribution in [2.24, 2.45) is 0 Å². The number of hydrogen-bond acceptors (Lipinski definition) is 2. The topological polar surface area (TPSA) is 20.3 Å². The van der Waals surface area contributed by atoms with Gasteiger partial charge in [-0.3, -0.25) is 4.79 Å². The van der Waals surface area contributed by atoms with Crippen molar-refractivity contribution in [3.63, 3.8) is 0 Å². The molecule has 0 aliphatic carbocycles. The molecule has 2 rings (SSSR count). The highest BCUT2D eigenvalue weighted by Gasteiger charge is 2.10. The fourth-order valence-electron chi connectivity index (χ4n) is 2.15. The van der Waals surface area contributed by atoms with Crippen LogP contribution in [0.2, 0.25) is 0 Å². The van der Waals surface area contributed by atoms with E-state index in [1.54, 1.807) is 12.1 Å². The second-order valence-corrected chi connectivity index (χ2v) is 4.60. The average Bonchev–Trinajstić information content (AvgIpc) is 2.49. The van der Waals surface area contributed by atoms with Crippen LogP contribution in [0.1, 0.15) is 23.7 Å². The van der Waals surface area contributed by atoms with Crippen LogP contribution in [-0.4, -0.2) is 18.9 Å². The molecular weight excluding hydrogens is 253 g/mol. The Kier molecular flexibility index (Phi) is 4.88. The molecule has 0 spiro atoms. The zero-order valence-electron chi connectivity index (χ0n) is 11.6. The molecule has 0 aliphatic heterocycles. The summed E-state index contributed by atoms with van der Waals surface area (Å²) in [5.74, 6) is -0.398. The summed E-state index contributed by atoms with van der Waals surface area (Å²) >= 11 is 0. The van der Waals surface area contributed by atoms with Crippen LogP contribution in [0.4, 0.5) is 10.1 Å². The number of rotatable bonds is 6. The first kappa shape index (κ1) is 14.3. The van der Waals surface area contributed by atoms with Crippen molar-refractivity contribution >= 4 is 11.5 Å². The van der Waals surface area contributed by atoms with Gasteiger partial charge in [0.2, 0.25) is 0 Å². The van der Waals surface area contributed by atoms with Crippen LogP contribution >= 0.6 is 0 Å². The van der Waals surface area contributed by atoms with E-state index in [2.05, 4.69) is 11.8 Å². The monoisotopic (exact) mass is 271 g/mol. The average molecular weight is 271 g/mol. The van der Waals surface area contributed by atoms with Crippen molar-refractivity contribution < 1.29 is 9.18 Å². The second-order valence-electron chi connectivity index (χ2n) is 4.60. The Labute approximate surface area is 118 Å². The number of carbonyl (C=O) groups is 1. The number of ketones is 1. The smallest absolute Gasteiger partial charge is 0.164 e. The zero-order chi connectivity index (χ0) is 14.4. The van der Waals surface area contributed by atoms with E-state index in [4.69, 9.17) is 0 Å².